The van der Waals surface area contributed by atoms with Crippen LogP contribution in [0.4, 0.5) is 4.39 Å². The van der Waals surface area contributed by atoms with Crippen LogP contribution in [0.15, 0.2) is 18.2 Å². The van der Waals surface area contributed by atoms with Gasteiger partial charge in [-0.2, -0.15) is 0 Å². The molecule has 2 N–H and O–H groups in total. The molecule has 0 aromatic heterocycles. The molecule has 0 bridgehead atoms. The van der Waals surface area contributed by atoms with Gasteiger partial charge in [0.2, 0.25) is 0 Å². The van der Waals surface area contributed by atoms with Crippen molar-refractivity contribution in [2.75, 3.05) is 19.6 Å². The molecule has 1 aromatic rings. The first-order chi connectivity index (χ1) is 9.02. The van der Waals surface area contributed by atoms with Crippen molar-refractivity contribution in [2.45, 2.75) is 32.1 Å². The lowest BCUT2D eigenvalue weighted by Crippen LogP contribution is -2.48. The Kier molecular flexibility index (Phi) is 4.79. The molecule has 1 aliphatic rings. The SMILES string of the molecule is C[C@@H]1CN([C@@H](CN)c2c(F)cccc2Cl)C[C@H](C)O1. The van der Waals surface area contributed by atoms with Crippen molar-refractivity contribution < 1.29 is 9.13 Å². The summed E-state index contributed by atoms with van der Waals surface area (Å²) >= 11 is 6.14. The second-order valence-electron chi connectivity index (χ2n) is 5.10. The van der Waals surface area contributed by atoms with E-state index in [0.29, 0.717) is 17.1 Å². The second kappa shape index (κ2) is 6.18. The average molecular weight is 287 g/mol. The van der Waals surface area contributed by atoms with E-state index in [2.05, 4.69) is 4.90 Å². The molecule has 1 saturated heterocycles. The maximum Gasteiger partial charge on any atom is 0.129 e. The smallest absolute Gasteiger partial charge is 0.129 e. The van der Waals surface area contributed by atoms with E-state index >= 15 is 0 Å². The zero-order chi connectivity index (χ0) is 14.0. The lowest BCUT2D eigenvalue weighted by molar-refractivity contribution is -0.0802. The van der Waals surface area contributed by atoms with Gasteiger partial charge in [-0.3, -0.25) is 4.90 Å². The largest absolute Gasteiger partial charge is 0.373 e. The first-order valence-electron chi connectivity index (χ1n) is 6.56. The highest BCUT2D eigenvalue weighted by Gasteiger charge is 2.30. The highest BCUT2D eigenvalue weighted by Crippen LogP contribution is 2.31. The molecule has 0 spiro atoms. The average Bonchev–Trinajstić information content (AvgIpc) is 2.32. The van der Waals surface area contributed by atoms with Crippen LogP contribution in [0, 0.1) is 5.82 Å². The Hall–Kier alpha value is -0.680. The maximum atomic E-state index is 14.0. The number of nitrogens with zero attached hydrogens (tertiary/aromatic N) is 1. The fourth-order valence-electron chi connectivity index (χ4n) is 2.75. The molecule has 0 radical (unpaired) electrons. The van der Waals surface area contributed by atoms with Crippen molar-refractivity contribution in [3.8, 4) is 0 Å². The van der Waals surface area contributed by atoms with Crippen LogP contribution in [0.25, 0.3) is 0 Å². The third-order valence-electron chi connectivity index (χ3n) is 3.44. The van der Waals surface area contributed by atoms with Gasteiger partial charge in [-0.1, -0.05) is 17.7 Å². The van der Waals surface area contributed by atoms with E-state index in [0.717, 1.165) is 13.1 Å². The number of nitrogens with two attached hydrogens (primary N) is 1. The van der Waals surface area contributed by atoms with Gasteiger partial charge < -0.3 is 10.5 Å². The van der Waals surface area contributed by atoms with E-state index in [-0.39, 0.29) is 24.1 Å². The zero-order valence-electron chi connectivity index (χ0n) is 11.3. The molecule has 2 rings (SSSR count). The number of ether oxygens (including phenoxy) is 1. The van der Waals surface area contributed by atoms with E-state index in [1.54, 1.807) is 12.1 Å². The van der Waals surface area contributed by atoms with Crippen molar-refractivity contribution in [3.63, 3.8) is 0 Å². The highest BCUT2D eigenvalue weighted by atomic mass is 35.5. The molecule has 1 aromatic carbocycles. The lowest BCUT2D eigenvalue weighted by Gasteiger charge is -2.40. The van der Waals surface area contributed by atoms with Gasteiger partial charge in [0.15, 0.2) is 0 Å². The van der Waals surface area contributed by atoms with Gasteiger partial charge in [-0.05, 0) is 26.0 Å². The molecular weight excluding hydrogens is 267 g/mol. The normalized spacial score (nSPS) is 26.4. The topological polar surface area (TPSA) is 38.5 Å². The first-order valence-corrected chi connectivity index (χ1v) is 6.94. The summed E-state index contributed by atoms with van der Waals surface area (Å²) in [5.74, 6) is -0.297. The summed E-state index contributed by atoms with van der Waals surface area (Å²) in [6.07, 6.45) is 0.228. The first kappa shape index (κ1) is 14.7. The van der Waals surface area contributed by atoms with Crippen LogP contribution in [0.3, 0.4) is 0 Å². The van der Waals surface area contributed by atoms with Gasteiger partial charge in [0.1, 0.15) is 5.82 Å². The van der Waals surface area contributed by atoms with Crippen LogP contribution in [0.5, 0.6) is 0 Å². The molecule has 0 amide bonds. The highest BCUT2D eigenvalue weighted by molar-refractivity contribution is 6.31. The minimum Gasteiger partial charge on any atom is -0.373 e. The van der Waals surface area contributed by atoms with Crippen LogP contribution in [0.2, 0.25) is 5.02 Å². The van der Waals surface area contributed by atoms with Crippen molar-refractivity contribution in [1.29, 1.82) is 0 Å². The van der Waals surface area contributed by atoms with Crippen LogP contribution in [0.1, 0.15) is 25.5 Å². The predicted molar refractivity (Wildman–Crippen MR) is 74.8 cm³/mol. The van der Waals surface area contributed by atoms with E-state index in [9.17, 15) is 4.39 Å². The number of halogens is 2. The summed E-state index contributed by atoms with van der Waals surface area (Å²) in [6.45, 7) is 5.83. The maximum absolute atomic E-state index is 14.0. The van der Waals surface area contributed by atoms with Gasteiger partial charge in [0.25, 0.3) is 0 Å². The van der Waals surface area contributed by atoms with Gasteiger partial charge in [0, 0.05) is 30.2 Å². The van der Waals surface area contributed by atoms with Gasteiger partial charge in [-0.25, -0.2) is 4.39 Å². The van der Waals surface area contributed by atoms with Crippen LogP contribution in [-0.2, 0) is 4.74 Å². The lowest BCUT2D eigenvalue weighted by atomic mass is 10.0. The molecule has 0 aliphatic carbocycles. The summed E-state index contributed by atoms with van der Waals surface area (Å²) in [6, 6.07) is 4.54. The van der Waals surface area contributed by atoms with Crippen molar-refractivity contribution in [2.24, 2.45) is 5.73 Å². The van der Waals surface area contributed by atoms with Gasteiger partial charge in [0.05, 0.1) is 18.2 Å². The summed E-state index contributed by atoms with van der Waals surface area (Å²) in [7, 11) is 0. The predicted octanol–water partition coefficient (Wildman–Crippen LogP) is 2.59. The summed E-state index contributed by atoms with van der Waals surface area (Å²) in [5.41, 5.74) is 6.35. The summed E-state index contributed by atoms with van der Waals surface area (Å²) in [4.78, 5) is 2.16. The third kappa shape index (κ3) is 3.26. The zero-order valence-corrected chi connectivity index (χ0v) is 12.0. The Balaban J connectivity index is 2.29. The molecule has 1 fully saturated rings. The van der Waals surface area contributed by atoms with Crippen LogP contribution < -0.4 is 5.73 Å². The Labute approximate surface area is 118 Å². The van der Waals surface area contributed by atoms with E-state index in [1.165, 1.54) is 6.07 Å². The van der Waals surface area contributed by atoms with Gasteiger partial charge in [-0.15, -0.1) is 0 Å². The van der Waals surface area contributed by atoms with Crippen LogP contribution >= 0.6 is 11.6 Å². The number of hydrogen-bond donors (Lipinski definition) is 1. The Morgan fingerprint density at radius 1 is 1.42 bits per heavy atom. The molecule has 0 saturated carbocycles. The van der Waals surface area contributed by atoms with Gasteiger partial charge >= 0.3 is 0 Å². The molecular formula is C14H20ClFN2O. The second-order valence-corrected chi connectivity index (χ2v) is 5.51. The molecule has 5 heteroatoms. The van der Waals surface area contributed by atoms with E-state index in [1.807, 2.05) is 13.8 Å². The Morgan fingerprint density at radius 3 is 2.58 bits per heavy atom. The minimum absolute atomic E-state index is 0.114. The molecule has 106 valence electrons. The number of morpholine rings is 1. The Bertz CT molecular complexity index is 413. The number of benzene rings is 1. The monoisotopic (exact) mass is 286 g/mol. The quantitative estimate of drug-likeness (QED) is 0.928. The summed E-state index contributed by atoms with van der Waals surface area (Å²) in [5, 5.41) is 0.433. The fourth-order valence-corrected chi connectivity index (χ4v) is 3.04. The molecule has 3 atom stereocenters. The summed E-state index contributed by atoms with van der Waals surface area (Å²) < 4.78 is 19.7. The third-order valence-corrected chi connectivity index (χ3v) is 3.77. The standard InChI is InChI=1S/C14H20ClFN2O/c1-9-7-18(8-10(2)19-9)13(6-17)14-11(15)4-3-5-12(14)16/h3-5,9-10,13H,6-8,17H2,1-2H3/t9-,10+,13-/m0/s1. The molecule has 0 unspecified atom stereocenters. The molecule has 3 nitrogen and oxygen atoms in total. The molecule has 1 heterocycles. The minimum atomic E-state index is -0.297. The van der Waals surface area contributed by atoms with Crippen LogP contribution in [-0.4, -0.2) is 36.7 Å². The van der Waals surface area contributed by atoms with E-state index < -0.39 is 0 Å². The molecule has 1 aliphatic heterocycles. The Morgan fingerprint density at radius 2 is 2.05 bits per heavy atom. The number of rotatable bonds is 3. The van der Waals surface area contributed by atoms with Crippen molar-refractivity contribution in [1.82, 2.24) is 4.90 Å². The van der Waals surface area contributed by atoms with Crippen molar-refractivity contribution in [3.05, 3.63) is 34.6 Å². The van der Waals surface area contributed by atoms with Crippen molar-refractivity contribution >= 4 is 11.6 Å². The fraction of sp³-hybridized carbons (Fsp3) is 0.571. The van der Waals surface area contributed by atoms with E-state index in [4.69, 9.17) is 22.1 Å². The number of hydrogen-bond acceptors (Lipinski definition) is 3. The molecule has 19 heavy (non-hydrogen) atoms.